The summed E-state index contributed by atoms with van der Waals surface area (Å²) < 4.78 is 0. The molecular formula is C17H30N. The molecule has 2 N–H and O–H groups in total. The summed E-state index contributed by atoms with van der Waals surface area (Å²) in [6.07, 6.45) is 14.5. The van der Waals surface area contributed by atoms with Crippen molar-refractivity contribution in [1.29, 1.82) is 0 Å². The molecule has 3 atom stereocenters. The Morgan fingerprint density at radius 2 is 2.06 bits per heavy atom. The van der Waals surface area contributed by atoms with Crippen molar-refractivity contribution in [2.75, 3.05) is 0 Å². The third-order valence-electron chi connectivity index (χ3n) is 5.00. The van der Waals surface area contributed by atoms with E-state index in [0.29, 0.717) is 5.92 Å². The molecule has 1 nitrogen and oxygen atoms in total. The summed E-state index contributed by atoms with van der Waals surface area (Å²) in [4.78, 5) is 0. The molecule has 0 aromatic carbocycles. The van der Waals surface area contributed by atoms with Crippen LogP contribution in [0.3, 0.4) is 0 Å². The van der Waals surface area contributed by atoms with E-state index in [1.54, 1.807) is 0 Å². The Bertz CT molecular complexity index is 314. The number of rotatable bonds is 6. The van der Waals surface area contributed by atoms with E-state index in [1.807, 2.05) is 6.08 Å². The highest BCUT2D eigenvalue weighted by molar-refractivity contribution is 5.19. The lowest BCUT2D eigenvalue weighted by atomic mass is 9.58. The van der Waals surface area contributed by atoms with Gasteiger partial charge in [-0.3, -0.25) is 0 Å². The van der Waals surface area contributed by atoms with Crippen molar-refractivity contribution >= 4 is 0 Å². The van der Waals surface area contributed by atoms with Crippen LogP contribution in [0, 0.1) is 22.8 Å². The van der Waals surface area contributed by atoms with Crippen LogP contribution in [0.15, 0.2) is 18.2 Å². The highest BCUT2D eigenvalue weighted by Crippen LogP contribution is 2.46. The van der Waals surface area contributed by atoms with Crippen molar-refractivity contribution in [3.05, 3.63) is 24.3 Å². The maximum Gasteiger partial charge on any atom is 0.0188 e. The summed E-state index contributed by atoms with van der Waals surface area (Å²) in [6.45, 7) is 11.4. The van der Waals surface area contributed by atoms with Crippen LogP contribution < -0.4 is 5.73 Å². The molecule has 0 heterocycles. The van der Waals surface area contributed by atoms with Crippen molar-refractivity contribution in [3.63, 3.8) is 0 Å². The zero-order valence-electron chi connectivity index (χ0n) is 12.8. The van der Waals surface area contributed by atoms with Gasteiger partial charge in [-0.25, -0.2) is 0 Å². The molecule has 0 amide bonds. The van der Waals surface area contributed by atoms with Crippen LogP contribution in [-0.4, -0.2) is 6.04 Å². The maximum atomic E-state index is 6.70. The predicted molar refractivity (Wildman–Crippen MR) is 80.1 cm³/mol. The van der Waals surface area contributed by atoms with E-state index >= 15 is 0 Å². The largest absolute Gasteiger partial charge is 0.326 e. The van der Waals surface area contributed by atoms with Crippen molar-refractivity contribution < 1.29 is 0 Å². The first kappa shape index (κ1) is 15.5. The SMILES string of the molecule is CCCC(C)C1(C(N)C(C)(C)CC)C=CC=[C]C1. The summed E-state index contributed by atoms with van der Waals surface area (Å²) in [6, 6.07) is 0.189. The second-order valence-electron chi connectivity index (χ2n) is 6.53. The zero-order valence-corrected chi connectivity index (χ0v) is 12.8. The van der Waals surface area contributed by atoms with Gasteiger partial charge in [-0.05, 0) is 30.3 Å². The van der Waals surface area contributed by atoms with E-state index in [4.69, 9.17) is 5.73 Å². The molecule has 103 valence electrons. The van der Waals surface area contributed by atoms with E-state index in [-0.39, 0.29) is 16.9 Å². The van der Waals surface area contributed by atoms with Gasteiger partial charge in [0, 0.05) is 11.5 Å². The van der Waals surface area contributed by atoms with E-state index in [0.717, 1.165) is 12.8 Å². The fraction of sp³-hybridized carbons (Fsp3) is 0.765. The van der Waals surface area contributed by atoms with Gasteiger partial charge < -0.3 is 5.73 Å². The molecule has 0 aromatic rings. The first-order valence-corrected chi connectivity index (χ1v) is 7.40. The van der Waals surface area contributed by atoms with Gasteiger partial charge in [0.25, 0.3) is 0 Å². The fourth-order valence-electron chi connectivity index (χ4n) is 3.10. The lowest BCUT2D eigenvalue weighted by molar-refractivity contribution is 0.0920. The molecule has 1 aliphatic carbocycles. The van der Waals surface area contributed by atoms with Crippen LogP contribution in [0.4, 0.5) is 0 Å². The van der Waals surface area contributed by atoms with Crippen molar-refractivity contribution in [1.82, 2.24) is 0 Å². The van der Waals surface area contributed by atoms with Crippen LogP contribution in [0.1, 0.15) is 60.3 Å². The molecule has 18 heavy (non-hydrogen) atoms. The second-order valence-corrected chi connectivity index (χ2v) is 6.53. The van der Waals surface area contributed by atoms with Crippen LogP contribution >= 0.6 is 0 Å². The lowest BCUT2D eigenvalue weighted by Gasteiger charge is -2.48. The van der Waals surface area contributed by atoms with Crippen LogP contribution in [0.5, 0.6) is 0 Å². The van der Waals surface area contributed by atoms with Crippen LogP contribution in [0.2, 0.25) is 0 Å². The van der Waals surface area contributed by atoms with E-state index in [1.165, 1.54) is 12.8 Å². The highest BCUT2D eigenvalue weighted by Gasteiger charge is 2.45. The minimum Gasteiger partial charge on any atom is -0.326 e. The molecule has 1 heteroatoms. The second kappa shape index (κ2) is 6.06. The van der Waals surface area contributed by atoms with Gasteiger partial charge in [-0.2, -0.15) is 0 Å². The average molecular weight is 248 g/mol. The molecule has 0 saturated heterocycles. The van der Waals surface area contributed by atoms with Gasteiger partial charge in [-0.15, -0.1) is 0 Å². The molecule has 0 aromatic heterocycles. The monoisotopic (exact) mass is 248 g/mol. The predicted octanol–water partition coefficient (Wildman–Crippen LogP) is 4.49. The first-order chi connectivity index (χ1) is 8.40. The Labute approximate surface area is 114 Å². The zero-order chi connectivity index (χ0) is 13.8. The molecule has 1 aliphatic rings. The van der Waals surface area contributed by atoms with E-state index in [2.05, 4.69) is 52.8 Å². The number of hydrogen-bond donors (Lipinski definition) is 1. The highest BCUT2D eigenvalue weighted by atomic mass is 14.7. The normalized spacial score (nSPS) is 27.2. The van der Waals surface area contributed by atoms with Crippen molar-refractivity contribution in [3.8, 4) is 0 Å². The van der Waals surface area contributed by atoms with Gasteiger partial charge in [0.05, 0.1) is 0 Å². The quantitative estimate of drug-likeness (QED) is 0.736. The maximum absolute atomic E-state index is 6.70. The summed E-state index contributed by atoms with van der Waals surface area (Å²) in [5.74, 6) is 0.612. The molecule has 1 radical (unpaired) electrons. The van der Waals surface area contributed by atoms with Crippen molar-refractivity contribution in [2.45, 2.75) is 66.3 Å². The standard InChI is InChI=1S/C17H30N/c1-6-11-14(3)17(12-9-8-10-13-17)15(18)16(4,5)7-2/h8-9,12,14-15H,6-7,11,13,18H2,1-5H3. The molecule has 1 rings (SSSR count). The smallest absolute Gasteiger partial charge is 0.0188 e. The Balaban J connectivity index is 3.05. The first-order valence-electron chi connectivity index (χ1n) is 7.40. The number of hydrogen-bond acceptors (Lipinski definition) is 1. The van der Waals surface area contributed by atoms with Gasteiger partial charge in [0.2, 0.25) is 0 Å². The summed E-state index contributed by atoms with van der Waals surface area (Å²) in [5.41, 5.74) is 6.96. The Kier molecular flexibility index (Phi) is 5.21. The third-order valence-corrected chi connectivity index (χ3v) is 5.00. The van der Waals surface area contributed by atoms with Gasteiger partial charge >= 0.3 is 0 Å². The lowest BCUT2D eigenvalue weighted by Crippen LogP contribution is -2.53. The number of allylic oxidation sites excluding steroid dienone is 3. The number of nitrogens with two attached hydrogens (primary N) is 1. The molecule has 0 aliphatic heterocycles. The van der Waals surface area contributed by atoms with Crippen LogP contribution in [-0.2, 0) is 0 Å². The van der Waals surface area contributed by atoms with Gasteiger partial charge in [0.15, 0.2) is 0 Å². The van der Waals surface area contributed by atoms with E-state index in [9.17, 15) is 0 Å². The Morgan fingerprint density at radius 1 is 1.39 bits per heavy atom. The molecular weight excluding hydrogens is 218 g/mol. The average Bonchev–Trinajstić information content (AvgIpc) is 2.38. The molecule has 0 spiro atoms. The van der Waals surface area contributed by atoms with Gasteiger partial charge in [-0.1, -0.05) is 65.7 Å². The minimum absolute atomic E-state index is 0.0876. The van der Waals surface area contributed by atoms with Gasteiger partial charge in [0.1, 0.15) is 0 Å². The van der Waals surface area contributed by atoms with Crippen LogP contribution in [0.25, 0.3) is 0 Å². The minimum atomic E-state index is 0.0876. The molecule has 0 bridgehead atoms. The Hall–Kier alpha value is -0.560. The topological polar surface area (TPSA) is 26.0 Å². The fourth-order valence-corrected chi connectivity index (χ4v) is 3.10. The molecule has 3 unspecified atom stereocenters. The summed E-state index contributed by atoms with van der Waals surface area (Å²) >= 11 is 0. The molecule has 0 fully saturated rings. The summed E-state index contributed by atoms with van der Waals surface area (Å²) in [5, 5.41) is 0. The van der Waals surface area contributed by atoms with Crippen molar-refractivity contribution in [2.24, 2.45) is 22.5 Å². The summed E-state index contributed by atoms with van der Waals surface area (Å²) in [7, 11) is 0. The van der Waals surface area contributed by atoms with E-state index < -0.39 is 0 Å². The molecule has 0 saturated carbocycles. The third kappa shape index (κ3) is 2.88. The Morgan fingerprint density at radius 3 is 2.50 bits per heavy atom.